The summed E-state index contributed by atoms with van der Waals surface area (Å²) in [5, 5.41) is 49.4. The Morgan fingerprint density at radius 2 is 1.22 bits per heavy atom. The van der Waals surface area contributed by atoms with Gasteiger partial charge in [-0.15, -0.1) is 0 Å². The van der Waals surface area contributed by atoms with E-state index in [1.807, 2.05) is 45.2 Å². The number of carbonyl (C=O) groups is 3. The van der Waals surface area contributed by atoms with Crippen molar-refractivity contribution in [2.75, 3.05) is 51.8 Å². The van der Waals surface area contributed by atoms with Crippen LogP contribution in [0.25, 0.3) is 11.1 Å². The number of nitrogens with zero attached hydrogens (tertiary/aromatic N) is 3. The van der Waals surface area contributed by atoms with Crippen molar-refractivity contribution in [2.45, 2.75) is 12.5 Å². The van der Waals surface area contributed by atoms with Crippen molar-refractivity contribution in [3.05, 3.63) is 43.0 Å². The third kappa shape index (κ3) is 13.7. The highest BCUT2D eigenvalue weighted by Gasteiger charge is 2.31. The summed E-state index contributed by atoms with van der Waals surface area (Å²) in [6.45, 7) is -2.90. The van der Waals surface area contributed by atoms with Crippen LogP contribution in [0.5, 0.6) is 11.5 Å². The highest BCUT2D eigenvalue weighted by Crippen LogP contribution is 2.40. The van der Waals surface area contributed by atoms with Gasteiger partial charge in [-0.3, -0.25) is 38.2 Å². The molecule has 0 aliphatic rings. The number of aliphatic carboxylic acids is 3. The van der Waals surface area contributed by atoms with Gasteiger partial charge in [0, 0.05) is 31.7 Å². The molecule has 0 aromatic heterocycles. The fourth-order valence-electron chi connectivity index (χ4n) is 4.61. The molecule has 2 aromatic carbocycles. The molecule has 2 rings (SSSR count). The number of rotatable bonds is 19. The van der Waals surface area contributed by atoms with E-state index in [-0.39, 0.29) is 44.1 Å². The lowest BCUT2D eigenvalue weighted by Gasteiger charge is -2.33. The van der Waals surface area contributed by atoms with Crippen LogP contribution in [-0.4, -0.2) is 136 Å². The summed E-state index contributed by atoms with van der Waals surface area (Å²) in [6.07, 6.45) is -2.15. The number of hydrogen-bond donors (Lipinski definition) is 9. The predicted molar refractivity (Wildman–Crippen MR) is 180 cm³/mol. The smallest absolute Gasteiger partial charge is 0.339 e. The van der Waals surface area contributed by atoms with Gasteiger partial charge in [0.2, 0.25) is 0 Å². The van der Waals surface area contributed by atoms with E-state index in [0.717, 1.165) is 9.80 Å². The Kier molecular flexibility index (Phi) is 15.3. The van der Waals surface area contributed by atoms with Crippen LogP contribution in [0.3, 0.4) is 0 Å². The molecule has 1 atom stereocenters. The van der Waals surface area contributed by atoms with Crippen molar-refractivity contribution in [3.63, 3.8) is 0 Å². The lowest BCUT2D eigenvalue weighted by atomic mass is 9.94. The Hall–Kier alpha value is -1.91. The second-order valence-electron chi connectivity index (χ2n) is 10.2. The molecule has 0 radical (unpaired) electrons. The zero-order valence-corrected chi connectivity index (χ0v) is 30.0. The summed E-state index contributed by atoms with van der Waals surface area (Å²) in [7, 11) is -9.48. The number of aromatic hydroxyl groups is 2. The second kappa shape index (κ2) is 17.5. The minimum Gasteiger partial charge on any atom is -0.508 e. The van der Waals surface area contributed by atoms with Crippen LogP contribution < -0.4 is 0 Å². The molecule has 0 unspecified atom stereocenters. The van der Waals surface area contributed by atoms with Crippen molar-refractivity contribution in [1.82, 2.24) is 14.7 Å². The first-order valence-electron chi connectivity index (χ1n) is 13.1. The Morgan fingerprint density at radius 3 is 1.61 bits per heavy atom. The summed E-state index contributed by atoms with van der Waals surface area (Å²) in [5.41, 5.74) is 1.42. The van der Waals surface area contributed by atoms with Crippen molar-refractivity contribution < 1.29 is 68.6 Å². The van der Waals surface area contributed by atoms with E-state index >= 15 is 0 Å². The van der Waals surface area contributed by atoms with E-state index in [2.05, 4.69) is 0 Å². The number of hydrogen-bond acceptors (Lipinski definition) is 10. The second-order valence-corrected chi connectivity index (χ2v) is 15.7. The molecule has 0 bridgehead atoms. The maximum atomic E-state index is 12.8. The van der Waals surface area contributed by atoms with Gasteiger partial charge in [0.1, 0.15) is 30.1 Å². The summed E-state index contributed by atoms with van der Waals surface area (Å²) in [5.74, 6) is -4.30. The molecule has 21 heteroatoms. The number of phenolic OH excluding ortho intramolecular Hbond substituents is 2. The first kappa shape index (κ1) is 40.3. The summed E-state index contributed by atoms with van der Waals surface area (Å²) in [6, 6.07) is 6.06. The van der Waals surface area contributed by atoms with Crippen LogP contribution in [0.4, 0.5) is 0 Å². The molecular weight excluding hydrogens is 882 g/mol. The average molecular weight is 915 g/mol. The first-order valence-corrected chi connectivity index (χ1v) is 18.9. The van der Waals surface area contributed by atoms with E-state index in [4.69, 9.17) is 0 Å². The maximum absolute atomic E-state index is 12.8. The Morgan fingerprint density at radius 1 is 0.761 bits per heavy atom. The Labute approximate surface area is 290 Å². The third-order valence-corrected chi connectivity index (χ3v) is 9.87. The van der Waals surface area contributed by atoms with Crippen molar-refractivity contribution in [3.8, 4) is 22.6 Å². The quantitative estimate of drug-likeness (QED) is 0.0710. The molecule has 0 amide bonds. The molecule has 46 heavy (non-hydrogen) atoms. The summed E-state index contributed by atoms with van der Waals surface area (Å²) >= 11 is 3.76. The average Bonchev–Trinajstić information content (AvgIpc) is 2.89. The Balaban J connectivity index is 2.59. The molecule has 0 saturated carbocycles. The number of carboxylic acids is 3. The van der Waals surface area contributed by atoms with Crippen LogP contribution in [-0.2, 0) is 29.9 Å². The molecule has 0 fully saturated rings. The molecule has 0 saturated heterocycles. The molecule has 0 aliphatic carbocycles. The van der Waals surface area contributed by atoms with Gasteiger partial charge in [-0.1, -0.05) is 12.1 Å². The van der Waals surface area contributed by atoms with E-state index in [9.17, 15) is 68.6 Å². The highest BCUT2D eigenvalue weighted by molar-refractivity contribution is 14.1. The minimum atomic E-state index is -4.74. The zero-order valence-electron chi connectivity index (χ0n) is 23.9. The van der Waals surface area contributed by atoms with E-state index in [1.54, 1.807) is 18.2 Å². The molecule has 17 nitrogen and oxygen atoms in total. The van der Waals surface area contributed by atoms with Gasteiger partial charge >= 0.3 is 33.1 Å². The van der Waals surface area contributed by atoms with Crippen LogP contribution in [0.1, 0.15) is 5.56 Å². The summed E-state index contributed by atoms with van der Waals surface area (Å²) < 4.78 is 24.1. The fraction of sp³-hybridized carbons (Fsp3) is 0.400. The van der Waals surface area contributed by atoms with E-state index in [0.29, 0.717) is 23.8 Å². The van der Waals surface area contributed by atoms with Gasteiger partial charge < -0.3 is 45.1 Å². The molecule has 0 heterocycles. The maximum Gasteiger partial charge on any atom is 0.339 e. The van der Waals surface area contributed by atoms with Gasteiger partial charge in [-0.2, -0.15) is 0 Å². The number of benzene rings is 2. The predicted octanol–water partition coefficient (Wildman–Crippen LogP) is 1.32. The third-order valence-electron chi connectivity index (χ3n) is 6.46. The summed E-state index contributed by atoms with van der Waals surface area (Å²) in [4.78, 5) is 76.5. The standard InChI is InChI=1S/C25H33I2N3O14P2/c26-18-9-16(22(23(27)24(18)36)15-1-3-17(31)4-2-15)10-19(25(37)38)30(7-5-28(11-20(32)33)13-45(39,40)41)8-6-29(12-21(34)35)14-46(42,43)44/h1-4,9,19,31,36H,5-8,10-14H2,(H,32,33)(H,34,35)(H,37,38)(H2,39,40,41)(H2,42,43,44)/t19-/m0/s1. The van der Waals surface area contributed by atoms with Crippen LogP contribution in [0.2, 0.25) is 0 Å². The monoisotopic (exact) mass is 915 g/mol. The molecule has 256 valence electrons. The number of phenols is 2. The fourth-order valence-corrected chi connectivity index (χ4v) is 8.24. The molecule has 0 aliphatic heterocycles. The van der Waals surface area contributed by atoms with E-state index < -0.39 is 64.8 Å². The van der Waals surface area contributed by atoms with Crippen LogP contribution in [0, 0.1) is 7.14 Å². The lowest BCUT2D eigenvalue weighted by Crippen LogP contribution is -2.50. The van der Waals surface area contributed by atoms with Crippen molar-refractivity contribution in [1.29, 1.82) is 0 Å². The van der Waals surface area contributed by atoms with Gasteiger partial charge in [0.25, 0.3) is 0 Å². The van der Waals surface area contributed by atoms with Gasteiger partial charge in [0.05, 0.1) is 20.2 Å². The Bertz CT molecular complexity index is 1450. The molecule has 0 spiro atoms. The number of halogens is 2. The minimum absolute atomic E-state index is 0.0351. The SMILES string of the molecule is O=C(O)CN(CCN(CCN(CC(=O)O)CP(=O)(O)O)[C@@H](Cc1cc(I)c(O)c(I)c1-c1ccc(O)cc1)C(=O)O)CP(=O)(O)O. The highest BCUT2D eigenvalue weighted by atomic mass is 127. The van der Waals surface area contributed by atoms with Gasteiger partial charge in [-0.05, 0) is 80.9 Å². The van der Waals surface area contributed by atoms with Crippen molar-refractivity contribution in [2.24, 2.45) is 0 Å². The first-order chi connectivity index (χ1) is 21.2. The topological polar surface area (TPSA) is 277 Å². The molecule has 9 N–H and O–H groups in total. The van der Waals surface area contributed by atoms with Gasteiger partial charge in [0.15, 0.2) is 0 Å². The zero-order chi connectivity index (χ0) is 35.0. The van der Waals surface area contributed by atoms with Gasteiger partial charge in [-0.25, -0.2) is 0 Å². The van der Waals surface area contributed by atoms with Crippen molar-refractivity contribution >= 4 is 78.3 Å². The normalized spacial score (nSPS) is 13.0. The molecule has 2 aromatic rings. The molecular formula is C25H33I2N3O14P2. The largest absolute Gasteiger partial charge is 0.508 e. The lowest BCUT2D eigenvalue weighted by molar-refractivity contribution is -0.144. The van der Waals surface area contributed by atoms with E-state index in [1.165, 1.54) is 17.0 Å². The number of carboxylic acid groups (broad SMARTS) is 3. The van der Waals surface area contributed by atoms with Crippen LogP contribution in [0.15, 0.2) is 30.3 Å². The van der Waals surface area contributed by atoms with Crippen LogP contribution >= 0.6 is 60.4 Å².